The van der Waals surface area contributed by atoms with E-state index in [-0.39, 0.29) is 17.2 Å². The van der Waals surface area contributed by atoms with Crippen LogP contribution in [0.1, 0.15) is 30.4 Å². The van der Waals surface area contributed by atoms with Gasteiger partial charge in [-0.2, -0.15) is 9.40 Å². The number of hydrogen-bond acceptors (Lipinski definition) is 4. The Morgan fingerprint density at radius 3 is 2.55 bits per heavy atom. The lowest BCUT2D eigenvalue weighted by molar-refractivity contribution is -0.115. The Morgan fingerprint density at radius 2 is 1.81 bits per heavy atom. The molecule has 1 amide bonds. The summed E-state index contributed by atoms with van der Waals surface area (Å²) in [4.78, 5) is 12.8. The molecule has 1 fully saturated rings. The fourth-order valence-electron chi connectivity index (χ4n) is 3.70. The summed E-state index contributed by atoms with van der Waals surface area (Å²) in [6, 6.07) is 14.6. The number of para-hydroxylation sites is 1. The third-order valence-corrected chi connectivity index (χ3v) is 7.35. The zero-order valence-electron chi connectivity index (χ0n) is 17.5. The molecule has 0 radical (unpaired) electrons. The Labute approximate surface area is 182 Å². The van der Waals surface area contributed by atoms with E-state index in [1.807, 2.05) is 43.5 Å². The van der Waals surface area contributed by atoms with E-state index >= 15 is 0 Å². The molecule has 1 aliphatic heterocycles. The molecule has 0 unspecified atom stereocenters. The van der Waals surface area contributed by atoms with Crippen LogP contribution in [0, 0.1) is 6.92 Å². The van der Waals surface area contributed by atoms with E-state index in [1.54, 1.807) is 29.1 Å². The number of nitrogens with zero attached hydrogens (tertiary/aromatic N) is 3. The van der Waals surface area contributed by atoms with Crippen molar-refractivity contribution < 1.29 is 13.2 Å². The molecule has 0 aliphatic carbocycles. The van der Waals surface area contributed by atoms with Crippen molar-refractivity contribution in [3.8, 4) is 5.69 Å². The third-order valence-electron chi connectivity index (χ3n) is 5.46. The minimum Gasteiger partial charge on any atom is -0.326 e. The second-order valence-corrected chi connectivity index (χ2v) is 9.73. The number of nitrogens with one attached hydrogen (secondary N) is 1. The van der Waals surface area contributed by atoms with Crippen molar-refractivity contribution in [2.45, 2.75) is 37.5 Å². The van der Waals surface area contributed by atoms with Crippen LogP contribution in [0.25, 0.3) is 5.69 Å². The molecule has 162 valence electrons. The lowest BCUT2D eigenvalue weighted by Crippen LogP contribution is -2.35. The van der Waals surface area contributed by atoms with Gasteiger partial charge in [0.05, 0.1) is 23.2 Å². The average Bonchev–Trinajstić information content (AvgIpc) is 3.24. The lowest BCUT2D eigenvalue weighted by Gasteiger charge is -2.26. The van der Waals surface area contributed by atoms with Crippen molar-refractivity contribution >= 4 is 21.6 Å². The minimum atomic E-state index is -3.55. The molecule has 0 spiro atoms. The maximum atomic E-state index is 13.0. The van der Waals surface area contributed by atoms with E-state index in [1.165, 1.54) is 4.31 Å². The largest absolute Gasteiger partial charge is 0.326 e. The van der Waals surface area contributed by atoms with Gasteiger partial charge in [0, 0.05) is 25.0 Å². The highest BCUT2D eigenvalue weighted by molar-refractivity contribution is 7.89. The number of amides is 1. The molecule has 1 N–H and O–H groups in total. The maximum Gasteiger partial charge on any atom is 0.243 e. The number of aryl methyl sites for hydroxylation is 1. The molecule has 4 rings (SSSR count). The van der Waals surface area contributed by atoms with Crippen LogP contribution in [0.2, 0.25) is 0 Å². The summed E-state index contributed by atoms with van der Waals surface area (Å²) in [6.07, 6.45) is 6.45. The predicted octanol–water partition coefficient (Wildman–Crippen LogP) is 3.54. The fourth-order valence-corrected chi connectivity index (χ4v) is 5.25. The highest BCUT2D eigenvalue weighted by Crippen LogP contribution is 2.25. The molecule has 1 saturated heterocycles. The first kappa shape index (κ1) is 21.3. The molecule has 31 heavy (non-hydrogen) atoms. The van der Waals surface area contributed by atoms with Crippen LogP contribution in [0.3, 0.4) is 0 Å². The van der Waals surface area contributed by atoms with Crippen LogP contribution in [0.5, 0.6) is 0 Å². The summed E-state index contributed by atoms with van der Waals surface area (Å²) in [7, 11) is -3.55. The van der Waals surface area contributed by atoms with Crippen LogP contribution in [0.4, 0.5) is 5.69 Å². The van der Waals surface area contributed by atoms with Gasteiger partial charge in [-0.25, -0.2) is 13.1 Å². The summed E-state index contributed by atoms with van der Waals surface area (Å²) in [5.41, 5.74) is 3.01. The second-order valence-electron chi connectivity index (χ2n) is 7.80. The maximum absolute atomic E-state index is 13.0. The summed E-state index contributed by atoms with van der Waals surface area (Å²) in [6.45, 7) is 2.94. The van der Waals surface area contributed by atoms with Crippen molar-refractivity contribution in [3.63, 3.8) is 0 Å². The average molecular weight is 439 g/mol. The fraction of sp³-hybridized carbons (Fsp3) is 0.304. The normalized spacial score (nSPS) is 15.0. The summed E-state index contributed by atoms with van der Waals surface area (Å²) < 4.78 is 29.2. The Bertz CT molecular complexity index is 1170. The number of carbonyl (C=O) groups is 1. The van der Waals surface area contributed by atoms with Gasteiger partial charge in [0.15, 0.2) is 0 Å². The van der Waals surface area contributed by atoms with E-state index in [2.05, 4.69) is 10.4 Å². The number of piperidine rings is 1. The van der Waals surface area contributed by atoms with E-state index in [4.69, 9.17) is 0 Å². The van der Waals surface area contributed by atoms with Gasteiger partial charge in [0.1, 0.15) is 0 Å². The van der Waals surface area contributed by atoms with Crippen LogP contribution in [-0.4, -0.2) is 41.5 Å². The highest BCUT2D eigenvalue weighted by Gasteiger charge is 2.26. The molecule has 0 saturated carbocycles. The summed E-state index contributed by atoms with van der Waals surface area (Å²) in [5, 5.41) is 7.18. The van der Waals surface area contributed by atoms with Crippen LogP contribution < -0.4 is 5.32 Å². The van der Waals surface area contributed by atoms with Gasteiger partial charge in [0.25, 0.3) is 0 Å². The van der Waals surface area contributed by atoms with Crippen molar-refractivity contribution in [1.29, 1.82) is 0 Å². The van der Waals surface area contributed by atoms with Crippen molar-refractivity contribution in [3.05, 3.63) is 72.1 Å². The smallest absolute Gasteiger partial charge is 0.243 e. The number of rotatable bonds is 6. The van der Waals surface area contributed by atoms with Gasteiger partial charge in [-0.05, 0) is 55.2 Å². The first-order chi connectivity index (χ1) is 14.9. The number of sulfonamides is 1. The van der Waals surface area contributed by atoms with Crippen molar-refractivity contribution in [1.82, 2.24) is 14.1 Å². The topological polar surface area (TPSA) is 84.3 Å². The zero-order valence-corrected chi connectivity index (χ0v) is 18.3. The number of aromatic nitrogens is 2. The Hall–Kier alpha value is -2.97. The molecule has 2 aromatic carbocycles. The Morgan fingerprint density at radius 1 is 1.06 bits per heavy atom. The van der Waals surface area contributed by atoms with E-state index < -0.39 is 10.0 Å². The van der Waals surface area contributed by atoms with Gasteiger partial charge in [0.2, 0.25) is 15.9 Å². The molecule has 2 heterocycles. The molecular formula is C23H26N4O3S. The number of carbonyl (C=O) groups excluding carboxylic acids is 1. The minimum absolute atomic E-state index is 0.148. The third kappa shape index (κ3) is 4.86. The standard InChI is InChI=1S/C23H26N4O3S/c1-18-10-11-21(31(29,30)26-12-6-3-7-13-26)15-22(18)25-23(28)14-19-16-24-27(17-19)20-8-4-2-5-9-20/h2,4-5,8-11,15-17H,3,6-7,12-14H2,1H3,(H,25,28). The first-order valence-corrected chi connectivity index (χ1v) is 11.9. The Balaban J connectivity index is 1.47. The van der Waals surface area contributed by atoms with Gasteiger partial charge in [-0.1, -0.05) is 30.7 Å². The molecule has 1 aromatic heterocycles. The molecule has 8 heteroatoms. The van der Waals surface area contributed by atoms with Crippen molar-refractivity contribution in [2.24, 2.45) is 0 Å². The Kier molecular flexibility index (Phi) is 6.20. The van der Waals surface area contributed by atoms with Crippen LogP contribution in [-0.2, 0) is 21.2 Å². The van der Waals surface area contributed by atoms with Crippen molar-refractivity contribution in [2.75, 3.05) is 18.4 Å². The number of benzene rings is 2. The molecule has 0 atom stereocenters. The van der Waals surface area contributed by atoms with E-state index in [0.29, 0.717) is 18.8 Å². The van der Waals surface area contributed by atoms with Crippen LogP contribution in [0.15, 0.2) is 65.8 Å². The second kappa shape index (κ2) is 9.03. The van der Waals surface area contributed by atoms with E-state index in [9.17, 15) is 13.2 Å². The van der Waals surface area contributed by atoms with Crippen LogP contribution >= 0.6 is 0 Å². The van der Waals surface area contributed by atoms with Gasteiger partial charge in [-0.15, -0.1) is 0 Å². The molecule has 1 aliphatic rings. The summed E-state index contributed by atoms with van der Waals surface area (Å²) >= 11 is 0. The summed E-state index contributed by atoms with van der Waals surface area (Å²) in [5.74, 6) is -0.219. The SMILES string of the molecule is Cc1ccc(S(=O)(=O)N2CCCCC2)cc1NC(=O)Cc1cnn(-c2ccccc2)c1. The predicted molar refractivity (Wildman–Crippen MR) is 120 cm³/mol. The highest BCUT2D eigenvalue weighted by atomic mass is 32.2. The monoisotopic (exact) mass is 438 g/mol. The van der Waals surface area contributed by atoms with E-state index in [0.717, 1.165) is 36.1 Å². The van der Waals surface area contributed by atoms with Gasteiger partial charge in [-0.3, -0.25) is 4.79 Å². The molecule has 7 nitrogen and oxygen atoms in total. The number of hydrogen-bond donors (Lipinski definition) is 1. The first-order valence-electron chi connectivity index (χ1n) is 10.4. The zero-order chi connectivity index (χ0) is 21.8. The van der Waals surface area contributed by atoms with Gasteiger partial charge >= 0.3 is 0 Å². The molecule has 0 bridgehead atoms. The quantitative estimate of drug-likeness (QED) is 0.638. The molecular weight excluding hydrogens is 412 g/mol. The molecule has 3 aromatic rings. The number of anilines is 1. The van der Waals surface area contributed by atoms with Gasteiger partial charge < -0.3 is 5.32 Å². The lowest BCUT2D eigenvalue weighted by atomic mass is 10.2.